The maximum Gasteiger partial charge on any atom is 0.122 e. The summed E-state index contributed by atoms with van der Waals surface area (Å²) < 4.78 is 5.43. The molecule has 65 valence electrons. The SMILES string of the molecule is [CH2]c1ccccc1OCCCCl. The average molecular weight is 184 g/mol. The summed E-state index contributed by atoms with van der Waals surface area (Å²) in [6.45, 7) is 4.50. The number of alkyl halides is 1. The van der Waals surface area contributed by atoms with Crippen LogP contribution in [0.5, 0.6) is 5.75 Å². The van der Waals surface area contributed by atoms with Crippen molar-refractivity contribution in [3.63, 3.8) is 0 Å². The zero-order valence-electron chi connectivity index (χ0n) is 6.92. The molecule has 0 aliphatic rings. The van der Waals surface area contributed by atoms with Crippen LogP contribution in [0.2, 0.25) is 0 Å². The monoisotopic (exact) mass is 183 g/mol. The lowest BCUT2D eigenvalue weighted by Gasteiger charge is -2.06. The Morgan fingerprint density at radius 1 is 1.33 bits per heavy atom. The highest BCUT2D eigenvalue weighted by atomic mass is 35.5. The number of benzene rings is 1. The Morgan fingerprint density at radius 2 is 2.08 bits per heavy atom. The zero-order valence-corrected chi connectivity index (χ0v) is 7.68. The zero-order chi connectivity index (χ0) is 8.81. The van der Waals surface area contributed by atoms with Crippen LogP contribution >= 0.6 is 11.6 Å². The molecular weight excluding hydrogens is 172 g/mol. The highest BCUT2D eigenvalue weighted by Gasteiger charge is 1.95. The van der Waals surface area contributed by atoms with Gasteiger partial charge in [0.05, 0.1) is 6.61 Å². The number of ether oxygens (including phenoxy) is 1. The smallest absolute Gasteiger partial charge is 0.122 e. The van der Waals surface area contributed by atoms with E-state index in [4.69, 9.17) is 16.3 Å². The van der Waals surface area contributed by atoms with Gasteiger partial charge in [0, 0.05) is 5.88 Å². The Balaban J connectivity index is 2.46. The molecule has 0 aromatic heterocycles. The molecule has 1 nitrogen and oxygen atoms in total. The fraction of sp³-hybridized carbons (Fsp3) is 0.300. The van der Waals surface area contributed by atoms with Gasteiger partial charge in [0.25, 0.3) is 0 Å². The minimum absolute atomic E-state index is 0.638. The standard InChI is InChI=1S/C10H12ClO/c1-9-5-2-3-6-10(9)12-8-4-7-11/h2-3,5-6H,1,4,7-8H2. The molecule has 1 aromatic carbocycles. The molecule has 0 saturated carbocycles. The normalized spacial score (nSPS) is 9.83. The topological polar surface area (TPSA) is 9.23 Å². The van der Waals surface area contributed by atoms with Gasteiger partial charge >= 0.3 is 0 Å². The van der Waals surface area contributed by atoms with Crippen LogP contribution in [0, 0.1) is 6.92 Å². The molecule has 0 bridgehead atoms. The van der Waals surface area contributed by atoms with Crippen molar-refractivity contribution in [2.45, 2.75) is 6.42 Å². The lowest BCUT2D eigenvalue weighted by atomic mass is 10.2. The van der Waals surface area contributed by atoms with Crippen LogP contribution in [0.15, 0.2) is 24.3 Å². The predicted octanol–water partition coefficient (Wildman–Crippen LogP) is 2.88. The van der Waals surface area contributed by atoms with Crippen LogP contribution in [0.1, 0.15) is 12.0 Å². The largest absolute Gasteiger partial charge is 0.493 e. The van der Waals surface area contributed by atoms with Crippen LogP contribution < -0.4 is 4.74 Å². The van der Waals surface area contributed by atoms with E-state index in [1.165, 1.54) is 0 Å². The summed E-state index contributed by atoms with van der Waals surface area (Å²) in [6.07, 6.45) is 0.871. The third kappa shape index (κ3) is 2.74. The molecule has 0 atom stereocenters. The van der Waals surface area contributed by atoms with Gasteiger partial charge in [-0.15, -0.1) is 11.6 Å². The molecule has 0 aliphatic heterocycles. The molecule has 1 radical (unpaired) electrons. The number of hydrogen-bond acceptors (Lipinski definition) is 1. The average Bonchev–Trinajstić information content (AvgIpc) is 2.09. The van der Waals surface area contributed by atoms with Crippen molar-refractivity contribution in [3.8, 4) is 5.75 Å². The molecule has 0 spiro atoms. The van der Waals surface area contributed by atoms with E-state index in [0.717, 1.165) is 17.7 Å². The Kier molecular flexibility index (Phi) is 3.95. The van der Waals surface area contributed by atoms with Crippen LogP contribution in [0.3, 0.4) is 0 Å². The molecule has 0 saturated heterocycles. The highest BCUT2D eigenvalue weighted by molar-refractivity contribution is 6.17. The van der Waals surface area contributed by atoms with E-state index in [2.05, 4.69) is 6.92 Å². The molecule has 0 aliphatic carbocycles. The first-order valence-electron chi connectivity index (χ1n) is 3.94. The Bertz CT molecular complexity index is 235. The number of para-hydroxylation sites is 1. The van der Waals surface area contributed by atoms with Crippen LogP contribution in [0.25, 0.3) is 0 Å². The quantitative estimate of drug-likeness (QED) is 0.515. The van der Waals surface area contributed by atoms with E-state index in [1.807, 2.05) is 24.3 Å². The van der Waals surface area contributed by atoms with Crippen molar-refractivity contribution in [2.24, 2.45) is 0 Å². The van der Waals surface area contributed by atoms with Gasteiger partial charge in [-0.3, -0.25) is 0 Å². The summed E-state index contributed by atoms with van der Waals surface area (Å²) in [5.41, 5.74) is 0.923. The summed E-state index contributed by atoms with van der Waals surface area (Å²) in [5, 5.41) is 0. The maximum absolute atomic E-state index is 5.51. The molecule has 12 heavy (non-hydrogen) atoms. The third-order valence-electron chi connectivity index (χ3n) is 1.51. The van der Waals surface area contributed by atoms with E-state index in [1.54, 1.807) is 0 Å². The van der Waals surface area contributed by atoms with Crippen LogP contribution in [-0.2, 0) is 0 Å². The van der Waals surface area contributed by atoms with Crippen molar-refractivity contribution < 1.29 is 4.74 Å². The van der Waals surface area contributed by atoms with Crippen LogP contribution in [0.4, 0.5) is 0 Å². The van der Waals surface area contributed by atoms with Crippen LogP contribution in [-0.4, -0.2) is 12.5 Å². The van der Waals surface area contributed by atoms with E-state index in [9.17, 15) is 0 Å². The van der Waals surface area contributed by atoms with E-state index < -0.39 is 0 Å². The lowest BCUT2D eigenvalue weighted by Crippen LogP contribution is -1.98. The minimum atomic E-state index is 0.638. The first-order chi connectivity index (χ1) is 5.84. The molecule has 0 heterocycles. The summed E-state index contributed by atoms with van der Waals surface area (Å²) in [4.78, 5) is 0. The molecule has 1 aromatic rings. The first kappa shape index (κ1) is 9.40. The van der Waals surface area contributed by atoms with E-state index in [-0.39, 0.29) is 0 Å². The second-order valence-corrected chi connectivity index (χ2v) is 2.88. The van der Waals surface area contributed by atoms with Gasteiger partial charge in [-0.2, -0.15) is 0 Å². The van der Waals surface area contributed by atoms with E-state index in [0.29, 0.717) is 12.5 Å². The number of halogens is 1. The highest BCUT2D eigenvalue weighted by Crippen LogP contribution is 2.15. The Hall–Kier alpha value is -0.690. The van der Waals surface area contributed by atoms with Gasteiger partial charge in [0.15, 0.2) is 0 Å². The summed E-state index contributed by atoms with van der Waals surface area (Å²) in [6, 6.07) is 7.72. The first-order valence-corrected chi connectivity index (χ1v) is 4.48. The second-order valence-electron chi connectivity index (χ2n) is 2.50. The molecule has 0 amide bonds. The van der Waals surface area contributed by atoms with Gasteiger partial charge < -0.3 is 4.74 Å². The summed E-state index contributed by atoms with van der Waals surface area (Å²) in [5.74, 6) is 1.49. The second kappa shape index (κ2) is 5.04. The fourth-order valence-corrected chi connectivity index (χ4v) is 0.990. The van der Waals surface area contributed by atoms with Crippen molar-refractivity contribution in [3.05, 3.63) is 36.8 Å². The summed E-state index contributed by atoms with van der Waals surface area (Å²) in [7, 11) is 0. The van der Waals surface area contributed by atoms with E-state index >= 15 is 0 Å². The lowest BCUT2D eigenvalue weighted by molar-refractivity contribution is 0.317. The van der Waals surface area contributed by atoms with Crippen molar-refractivity contribution in [2.75, 3.05) is 12.5 Å². The molecule has 0 fully saturated rings. The summed E-state index contributed by atoms with van der Waals surface area (Å²) >= 11 is 5.51. The molecule has 0 N–H and O–H groups in total. The maximum atomic E-state index is 5.51. The molecule has 2 heteroatoms. The van der Waals surface area contributed by atoms with Crippen molar-refractivity contribution >= 4 is 11.6 Å². The van der Waals surface area contributed by atoms with Gasteiger partial charge in [0.1, 0.15) is 5.75 Å². The number of hydrogen-bond donors (Lipinski definition) is 0. The van der Waals surface area contributed by atoms with Gasteiger partial charge in [-0.25, -0.2) is 0 Å². The molecule has 0 unspecified atom stereocenters. The Morgan fingerprint density at radius 3 is 2.75 bits per heavy atom. The van der Waals surface area contributed by atoms with Crippen molar-refractivity contribution in [1.29, 1.82) is 0 Å². The number of rotatable bonds is 4. The minimum Gasteiger partial charge on any atom is -0.493 e. The Labute approximate surface area is 78.3 Å². The molecular formula is C10H12ClO. The fourth-order valence-electron chi connectivity index (χ4n) is 0.881. The third-order valence-corrected chi connectivity index (χ3v) is 1.78. The predicted molar refractivity (Wildman–Crippen MR) is 51.7 cm³/mol. The van der Waals surface area contributed by atoms with Gasteiger partial charge in [0.2, 0.25) is 0 Å². The van der Waals surface area contributed by atoms with Gasteiger partial charge in [-0.05, 0) is 25.0 Å². The molecule has 1 rings (SSSR count). The van der Waals surface area contributed by atoms with Gasteiger partial charge in [-0.1, -0.05) is 18.2 Å². The van der Waals surface area contributed by atoms with Crippen molar-refractivity contribution in [1.82, 2.24) is 0 Å².